The first-order chi connectivity index (χ1) is 7.07. The SMILES string of the molecule is COC(C)C(C)N1CCCCC1C(C)N. The van der Waals surface area contributed by atoms with Gasteiger partial charge in [-0.15, -0.1) is 0 Å². The monoisotopic (exact) mass is 214 g/mol. The molecule has 4 atom stereocenters. The molecule has 2 N–H and O–H groups in total. The molecular weight excluding hydrogens is 188 g/mol. The van der Waals surface area contributed by atoms with E-state index in [9.17, 15) is 0 Å². The third-order valence-corrected chi connectivity index (χ3v) is 3.77. The molecule has 0 spiro atoms. The minimum absolute atomic E-state index is 0.261. The molecule has 0 aromatic carbocycles. The van der Waals surface area contributed by atoms with Crippen LogP contribution in [0.15, 0.2) is 0 Å². The molecule has 0 bridgehead atoms. The minimum atomic E-state index is 0.261. The van der Waals surface area contributed by atoms with Crippen LogP contribution in [0.4, 0.5) is 0 Å². The second kappa shape index (κ2) is 5.83. The van der Waals surface area contributed by atoms with Crippen molar-refractivity contribution >= 4 is 0 Å². The zero-order valence-corrected chi connectivity index (χ0v) is 10.6. The van der Waals surface area contributed by atoms with Gasteiger partial charge in [0.05, 0.1) is 6.10 Å². The predicted molar refractivity (Wildman–Crippen MR) is 63.9 cm³/mol. The van der Waals surface area contributed by atoms with Gasteiger partial charge in [-0.3, -0.25) is 4.90 Å². The van der Waals surface area contributed by atoms with Crippen LogP contribution in [0, 0.1) is 0 Å². The maximum absolute atomic E-state index is 6.05. The Hall–Kier alpha value is -0.120. The zero-order valence-electron chi connectivity index (χ0n) is 10.6. The number of methoxy groups -OCH3 is 1. The second-order valence-corrected chi connectivity index (χ2v) is 4.84. The van der Waals surface area contributed by atoms with Gasteiger partial charge in [-0.2, -0.15) is 0 Å². The highest BCUT2D eigenvalue weighted by molar-refractivity contribution is 4.87. The Bertz CT molecular complexity index is 184. The summed E-state index contributed by atoms with van der Waals surface area (Å²) in [7, 11) is 1.78. The number of ether oxygens (including phenoxy) is 1. The fraction of sp³-hybridized carbons (Fsp3) is 1.00. The van der Waals surface area contributed by atoms with Gasteiger partial charge in [0.15, 0.2) is 0 Å². The summed E-state index contributed by atoms with van der Waals surface area (Å²) in [6, 6.07) is 1.26. The van der Waals surface area contributed by atoms with Crippen molar-refractivity contribution in [2.24, 2.45) is 5.73 Å². The molecule has 90 valence electrons. The standard InChI is InChI=1S/C12H26N2O/c1-9(13)12-7-5-6-8-14(12)10(2)11(3)15-4/h9-12H,5-8,13H2,1-4H3. The molecule has 1 aliphatic heterocycles. The quantitative estimate of drug-likeness (QED) is 0.772. The van der Waals surface area contributed by atoms with Crippen LogP contribution in [0.5, 0.6) is 0 Å². The third kappa shape index (κ3) is 3.16. The second-order valence-electron chi connectivity index (χ2n) is 4.84. The van der Waals surface area contributed by atoms with Gasteiger partial charge in [0.25, 0.3) is 0 Å². The molecule has 3 nitrogen and oxygen atoms in total. The van der Waals surface area contributed by atoms with Gasteiger partial charge in [-0.25, -0.2) is 0 Å². The van der Waals surface area contributed by atoms with Crippen molar-refractivity contribution in [3.8, 4) is 0 Å². The first kappa shape index (κ1) is 12.9. The summed E-state index contributed by atoms with van der Waals surface area (Å²) in [5, 5.41) is 0. The molecule has 1 aliphatic rings. The van der Waals surface area contributed by atoms with E-state index in [1.807, 2.05) is 0 Å². The van der Waals surface area contributed by atoms with E-state index in [0.717, 1.165) is 0 Å². The average molecular weight is 214 g/mol. The molecule has 4 unspecified atom stereocenters. The highest BCUT2D eigenvalue weighted by atomic mass is 16.5. The van der Waals surface area contributed by atoms with Crippen molar-refractivity contribution in [3.05, 3.63) is 0 Å². The van der Waals surface area contributed by atoms with E-state index in [-0.39, 0.29) is 12.1 Å². The molecule has 1 saturated heterocycles. The van der Waals surface area contributed by atoms with Gasteiger partial charge in [-0.05, 0) is 40.2 Å². The summed E-state index contributed by atoms with van der Waals surface area (Å²) in [6.45, 7) is 7.67. The molecule has 0 radical (unpaired) electrons. The highest BCUT2D eigenvalue weighted by Gasteiger charge is 2.31. The van der Waals surface area contributed by atoms with E-state index in [0.29, 0.717) is 12.1 Å². The molecule has 3 heteroatoms. The van der Waals surface area contributed by atoms with E-state index in [1.54, 1.807) is 7.11 Å². The summed E-state index contributed by atoms with van der Waals surface area (Å²) in [6.07, 6.45) is 4.13. The first-order valence-corrected chi connectivity index (χ1v) is 6.12. The van der Waals surface area contributed by atoms with Gasteiger partial charge in [-0.1, -0.05) is 6.42 Å². The molecule has 0 aliphatic carbocycles. The summed E-state index contributed by atoms with van der Waals surface area (Å²) < 4.78 is 5.41. The largest absolute Gasteiger partial charge is 0.380 e. The molecule has 0 aromatic rings. The average Bonchev–Trinajstić information content (AvgIpc) is 2.27. The van der Waals surface area contributed by atoms with Crippen molar-refractivity contribution in [1.82, 2.24) is 4.90 Å². The van der Waals surface area contributed by atoms with Crippen molar-refractivity contribution in [3.63, 3.8) is 0 Å². The molecule has 1 rings (SSSR count). The summed E-state index contributed by atoms with van der Waals surface area (Å²) in [5.74, 6) is 0. The van der Waals surface area contributed by atoms with Crippen molar-refractivity contribution in [1.29, 1.82) is 0 Å². The normalized spacial score (nSPS) is 29.8. The van der Waals surface area contributed by atoms with E-state index in [2.05, 4.69) is 25.7 Å². The highest BCUT2D eigenvalue weighted by Crippen LogP contribution is 2.23. The summed E-state index contributed by atoms with van der Waals surface area (Å²) in [4.78, 5) is 2.53. The maximum atomic E-state index is 6.05. The molecule has 0 saturated carbocycles. The molecule has 1 heterocycles. The van der Waals surface area contributed by atoms with Crippen molar-refractivity contribution < 1.29 is 4.74 Å². The Labute approximate surface area is 94.0 Å². The van der Waals surface area contributed by atoms with Crippen LogP contribution in [-0.2, 0) is 4.74 Å². The molecule has 0 aromatic heterocycles. The third-order valence-electron chi connectivity index (χ3n) is 3.77. The smallest absolute Gasteiger partial charge is 0.0695 e. The first-order valence-electron chi connectivity index (χ1n) is 6.12. The van der Waals surface area contributed by atoms with Gasteiger partial charge in [0.1, 0.15) is 0 Å². The van der Waals surface area contributed by atoms with Crippen LogP contribution in [0.3, 0.4) is 0 Å². The number of likely N-dealkylation sites (tertiary alicyclic amines) is 1. The van der Waals surface area contributed by atoms with Crippen molar-refractivity contribution in [2.45, 2.75) is 64.3 Å². The van der Waals surface area contributed by atoms with Crippen LogP contribution in [-0.4, -0.2) is 42.8 Å². The number of piperidine rings is 1. The van der Waals surface area contributed by atoms with Crippen LogP contribution in [0.1, 0.15) is 40.0 Å². The fourth-order valence-corrected chi connectivity index (χ4v) is 2.52. The van der Waals surface area contributed by atoms with Crippen LogP contribution < -0.4 is 5.73 Å². The number of rotatable bonds is 4. The van der Waals surface area contributed by atoms with Gasteiger partial charge in [0, 0.05) is 25.2 Å². The van der Waals surface area contributed by atoms with E-state index in [4.69, 9.17) is 10.5 Å². The Morgan fingerprint density at radius 3 is 2.47 bits per heavy atom. The van der Waals surface area contributed by atoms with Gasteiger partial charge < -0.3 is 10.5 Å². The molecule has 1 fully saturated rings. The Balaban J connectivity index is 2.62. The lowest BCUT2D eigenvalue weighted by molar-refractivity contribution is -0.00387. The lowest BCUT2D eigenvalue weighted by Gasteiger charge is -2.43. The predicted octanol–water partition coefficient (Wildman–Crippen LogP) is 1.61. The zero-order chi connectivity index (χ0) is 11.4. The topological polar surface area (TPSA) is 38.5 Å². The number of nitrogens with two attached hydrogens (primary N) is 1. The van der Waals surface area contributed by atoms with E-state index >= 15 is 0 Å². The fourth-order valence-electron chi connectivity index (χ4n) is 2.52. The van der Waals surface area contributed by atoms with E-state index < -0.39 is 0 Å². The van der Waals surface area contributed by atoms with Gasteiger partial charge in [0.2, 0.25) is 0 Å². The molecule has 0 amide bonds. The Morgan fingerprint density at radius 1 is 1.27 bits per heavy atom. The van der Waals surface area contributed by atoms with Gasteiger partial charge >= 0.3 is 0 Å². The maximum Gasteiger partial charge on any atom is 0.0695 e. The molecule has 15 heavy (non-hydrogen) atoms. The minimum Gasteiger partial charge on any atom is -0.380 e. The lowest BCUT2D eigenvalue weighted by atomic mass is 9.94. The lowest BCUT2D eigenvalue weighted by Crippen LogP contribution is -2.55. The molecular formula is C12H26N2O. The van der Waals surface area contributed by atoms with Crippen LogP contribution in [0.2, 0.25) is 0 Å². The Morgan fingerprint density at radius 2 is 1.93 bits per heavy atom. The van der Waals surface area contributed by atoms with Crippen LogP contribution in [0.25, 0.3) is 0 Å². The van der Waals surface area contributed by atoms with Crippen molar-refractivity contribution in [2.75, 3.05) is 13.7 Å². The van der Waals surface area contributed by atoms with E-state index in [1.165, 1.54) is 25.8 Å². The summed E-state index contributed by atoms with van der Waals surface area (Å²) in [5.41, 5.74) is 6.05. The number of nitrogens with zero attached hydrogens (tertiary/aromatic N) is 1. The number of hydrogen-bond donors (Lipinski definition) is 1. The number of hydrogen-bond acceptors (Lipinski definition) is 3. The summed E-state index contributed by atoms with van der Waals surface area (Å²) >= 11 is 0. The van der Waals surface area contributed by atoms with Crippen LogP contribution >= 0.6 is 0 Å². The Kier molecular flexibility index (Phi) is 5.03.